The van der Waals surface area contributed by atoms with E-state index in [0.717, 1.165) is 24.4 Å². The third kappa shape index (κ3) is 4.47. The van der Waals surface area contributed by atoms with Crippen molar-refractivity contribution >= 4 is 11.9 Å². The van der Waals surface area contributed by atoms with Crippen LogP contribution < -0.4 is 14.8 Å². The maximum atomic E-state index is 14.6. The largest absolute Gasteiger partial charge is 0.573 e. The van der Waals surface area contributed by atoms with E-state index in [2.05, 4.69) is 20.0 Å². The topological polar surface area (TPSA) is 111 Å². The van der Waals surface area contributed by atoms with Crippen molar-refractivity contribution < 1.29 is 41.7 Å². The van der Waals surface area contributed by atoms with Gasteiger partial charge in [0.05, 0.1) is 12.2 Å². The standard InChI is InChI=1S/C22H15F4N3O5/c23-14-10-13(4-6-16(14)34-22(24,25)26)21(7-9-33-17-2-1-8-27-18(17)21)29-19(30)12-3-5-15(20(31)32)28-11-12/h1-6,8,10-11H,7,9H2,(H,29,30)(H,31,32)/t21-/m0/s1. The number of hydrogen-bond acceptors (Lipinski definition) is 6. The molecular formula is C22H15F4N3O5. The van der Waals surface area contributed by atoms with Crippen molar-refractivity contribution in [1.29, 1.82) is 0 Å². The fourth-order valence-corrected chi connectivity index (χ4v) is 3.63. The van der Waals surface area contributed by atoms with E-state index in [1.165, 1.54) is 18.3 Å². The molecule has 8 nitrogen and oxygen atoms in total. The lowest BCUT2D eigenvalue weighted by atomic mass is 9.81. The molecule has 0 spiro atoms. The van der Waals surface area contributed by atoms with Gasteiger partial charge in [0.25, 0.3) is 5.91 Å². The number of fused-ring (bicyclic) bond motifs is 1. The van der Waals surface area contributed by atoms with Crippen molar-refractivity contribution in [2.24, 2.45) is 0 Å². The molecule has 0 unspecified atom stereocenters. The number of carbonyl (C=O) groups is 2. The molecule has 0 aliphatic carbocycles. The second-order valence-corrected chi connectivity index (χ2v) is 7.24. The van der Waals surface area contributed by atoms with Crippen molar-refractivity contribution in [2.75, 3.05) is 6.61 Å². The second kappa shape index (κ2) is 8.61. The van der Waals surface area contributed by atoms with Crippen LogP contribution in [0.1, 0.15) is 38.5 Å². The molecular weight excluding hydrogens is 462 g/mol. The Hall–Kier alpha value is -4.22. The Morgan fingerprint density at radius 1 is 1.15 bits per heavy atom. The van der Waals surface area contributed by atoms with Crippen molar-refractivity contribution in [2.45, 2.75) is 18.3 Å². The molecule has 3 heterocycles. The van der Waals surface area contributed by atoms with Gasteiger partial charge in [-0.15, -0.1) is 13.2 Å². The minimum Gasteiger partial charge on any atom is -0.491 e. The summed E-state index contributed by atoms with van der Waals surface area (Å²) >= 11 is 0. The van der Waals surface area contributed by atoms with Crippen LogP contribution in [0.3, 0.4) is 0 Å². The van der Waals surface area contributed by atoms with E-state index in [1.54, 1.807) is 12.1 Å². The van der Waals surface area contributed by atoms with E-state index in [0.29, 0.717) is 5.75 Å². The number of ether oxygens (including phenoxy) is 2. The quantitative estimate of drug-likeness (QED) is 0.540. The fraction of sp³-hybridized carbons (Fsp3) is 0.182. The number of carboxylic acids is 1. The van der Waals surface area contributed by atoms with Gasteiger partial charge in [0.2, 0.25) is 0 Å². The molecule has 0 saturated carbocycles. The molecule has 12 heteroatoms. The zero-order valence-electron chi connectivity index (χ0n) is 17.1. The molecule has 1 aliphatic rings. The van der Waals surface area contributed by atoms with Crippen LogP contribution >= 0.6 is 0 Å². The van der Waals surface area contributed by atoms with Crippen LogP contribution in [0.4, 0.5) is 17.6 Å². The normalized spacial score (nSPS) is 17.3. The number of halogens is 4. The number of nitrogens with one attached hydrogen (secondary N) is 1. The summed E-state index contributed by atoms with van der Waals surface area (Å²) in [6.45, 7) is 0.0809. The second-order valence-electron chi connectivity index (χ2n) is 7.24. The lowest BCUT2D eigenvalue weighted by Crippen LogP contribution is -2.50. The third-order valence-electron chi connectivity index (χ3n) is 5.13. The van der Waals surface area contributed by atoms with Gasteiger partial charge in [-0.25, -0.2) is 14.2 Å². The number of aromatic nitrogens is 2. The van der Waals surface area contributed by atoms with E-state index in [9.17, 15) is 27.2 Å². The first-order chi connectivity index (χ1) is 16.1. The minimum atomic E-state index is -5.09. The summed E-state index contributed by atoms with van der Waals surface area (Å²) in [4.78, 5) is 32.1. The molecule has 1 amide bonds. The highest BCUT2D eigenvalue weighted by molar-refractivity contribution is 5.95. The van der Waals surface area contributed by atoms with Gasteiger partial charge in [-0.1, -0.05) is 6.07 Å². The van der Waals surface area contributed by atoms with Crippen molar-refractivity contribution in [3.05, 3.63) is 83.2 Å². The Labute approximate surface area is 189 Å². The van der Waals surface area contributed by atoms with Crippen LogP contribution in [0.5, 0.6) is 11.5 Å². The summed E-state index contributed by atoms with van der Waals surface area (Å²) in [5, 5.41) is 11.8. The van der Waals surface area contributed by atoms with Crippen LogP contribution in [0.15, 0.2) is 54.9 Å². The minimum absolute atomic E-state index is 0.00541. The van der Waals surface area contributed by atoms with E-state index >= 15 is 0 Å². The van der Waals surface area contributed by atoms with Gasteiger partial charge in [0.1, 0.15) is 22.7 Å². The van der Waals surface area contributed by atoms with Gasteiger partial charge in [0, 0.05) is 18.8 Å². The monoisotopic (exact) mass is 477 g/mol. The number of amides is 1. The molecule has 176 valence electrons. The summed E-state index contributed by atoms with van der Waals surface area (Å²) < 4.78 is 61.6. The number of hydrogen-bond donors (Lipinski definition) is 2. The smallest absolute Gasteiger partial charge is 0.491 e. The van der Waals surface area contributed by atoms with Gasteiger partial charge in [-0.3, -0.25) is 9.78 Å². The molecule has 1 aliphatic heterocycles. The van der Waals surface area contributed by atoms with Gasteiger partial charge < -0.3 is 19.9 Å². The fourth-order valence-electron chi connectivity index (χ4n) is 3.63. The maximum absolute atomic E-state index is 14.6. The average Bonchev–Trinajstić information content (AvgIpc) is 2.79. The van der Waals surface area contributed by atoms with Gasteiger partial charge in [-0.05, 0) is 42.0 Å². The molecule has 0 radical (unpaired) electrons. The van der Waals surface area contributed by atoms with Crippen molar-refractivity contribution in [3.8, 4) is 11.5 Å². The summed E-state index contributed by atoms with van der Waals surface area (Å²) in [5.41, 5.74) is -1.42. The molecule has 1 aromatic carbocycles. The summed E-state index contributed by atoms with van der Waals surface area (Å²) in [6.07, 6.45) is -2.53. The average molecular weight is 477 g/mol. The number of pyridine rings is 2. The maximum Gasteiger partial charge on any atom is 0.573 e. The molecule has 0 fully saturated rings. The van der Waals surface area contributed by atoms with Gasteiger partial charge >= 0.3 is 12.3 Å². The molecule has 2 aromatic heterocycles. The number of benzene rings is 1. The highest BCUT2D eigenvalue weighted by Gasteiger charge is 2.43. The molecule has 0 saturated heterocycles. The number of alkyl halides is 3. The number of carbonyl (C=O) groups excluding carboxylic acids is 1. The lowest BCUT2D eigenvalue weighted by molar-refractivity contribution is -0.275. The summed E-state index contributed by atoms with van der Waals surface area (Å²) in [5.74, 6) is -3.99. The molecule has 34 heavy (non-hydrogen) atoms. The number of aromatic carboxylic acids is 1. The Morgan fingerprint density at radius 3 is 2.59 bits per heavy atom. The van der Waals surface area contributed by atoms with Gasteiger partial charge in [-0.2, -0.15) is 0 Å². The first-order valence-electron chi connectivity index (χ1n) is 9.75. The number of carboxylic acid groups (broad SMARTS) is 1. The summed E-state index contributed by atoms with van der Waals surface area (Å²) in [7, 11) is 0. The Balaban J connectivity index is 1.78. The van der Waals surface area contributed by atoms with Crippen LogP contribution in [0, 0.1) is 5.82 Å². The lowest BCUT2D eigenvalue weighted by Gasteiger charge is -2.39. The van der Waals surface area contributed by atoms with Crippen LogP contribution in [0.2, 0.25) is 0 Å². The Morgan fingerprint density at radius 2 is 1.94 bits per heavy atom. The van der Waals surface area contributed by atoms with E-state index < -0.39 is 35.3 Å². The Kier molecular flexibility index (Phi) is 5.82. The number of rotatable bonds is 5. The van der Waals surface area contributed by atoms with E-state index in [1.807, 2.05) is 0 Å². The molecule has 0 bridgehead atoms. The molecule has 2 N–H and O–H groups in total. The molecule has 4 rings (SSSR count). The van der Waals surface area contributed by atoms with Crippen LogP contribution in [0.25, 0.3) is 0 Å². The zero-order chi connectivity index (χ0) is 24.5. The predicted octanol–water partition coefficient (Wildman–Crippen LogP) is 3.67. The number of nitrogens with zero attached hydrogens (tertiary/aromatic N) is 2. The zero-order valence-corrected chi connectivity index (χ0v) is 17.1. The summed E-state index contributed by atoms with van der Waals surface area (Å²) in [6, 6.07) is 8.40. The predicted molar refractivity (Wildman–Crippen MR) is 107 cm³/mol. The van der Waals surface area contributed by atoms with Crippen molar-refractivity contribution in [3.63, 3.8) is 0 Å². The first kappa shape index (κ1) is 23.0. The van der Waals surface area contributed by atoms with Crippen LogP contribution in [-0.2, 0) is 5.54 Å². The SMILES string of the molecule is O=C(N[C@]1(c2ccc(OC(F)(F)F)c(F)c2)CCOc2cccnc21)c1ccc(C(=O)O)nc1. The highest BCUT2D eigenvalue weighted by atomic mass is 19.4. The van der Waals surface area contributed by atoms with Crippen LogP contribution in [-0.4, -0.2) is 39.9 Å². The molecule has 3 aromatic rings. The molecule has 1 atom stereocenters. The van der Waals surface area contributed by atoms with Gasteiger partial charge in [0.15, 0.2) is 11.6 Å². The van der Waals surface area contributed by atoms with E-state index in [-0.39, 0.29) is 35.5 Å². The third-order valence-corrected chi connectivity index (χ3v) is 5.13. The Bertz CT molecular complexity index is 1250. The highest BCUT2D eigenvalue weighted by Crippen LogP contribution is 2.42. The first-order valence-corrected chi connectivity index (χ1v) is 9.75. The van der Waals surface area contributed by atoms with Crippen molar-refractivity contribution in [1.82, 2.24) is 15.3 Å². The van der Waals surface area contributed by atoms with E-state index in [4.69, 9.17) is 9.84 Å².